The van der Waals surface area contributed by atoms with Gasteiger partial charge in [-0.1, -0.05) is 34.8 Å². The maximum absolute atomic E-state index is 13.4. The zero-order valence-corrected chi connectivity index (χ0v) is 11.9. The van der Waals surface area contributed by atoms with Crippen LogP contribution in [0.1, 0.15) is 10.4 Å². The highest BCUT2D eigenvalue weighted by atomic mass is 79.9. The van der Waals surface area contributed by atoms with Crippen LogP contribution in [0.15, 0.2) is 22.8 Å². The maximum atomic E-state index is 13.4. The minimum Gasteiger partial charge on any atom is -0.360 e. The van der Waals surface area contributed by atoms with Crippen LogP contribution in [0.3, 0.4) is 0 Å². The summed E-state index contributed by atoms with van der Waals surface area (Å²) < 4.78 is 11.6. The molecule has 0 amide bonds. The van der Waals surface area contributed by atoms with E-state index in [1.807, 2.05) is 0 Å². The summed E-state index contributed by atoms with van der Waals surface area (Å²) >= 11 is 19.6. The van der Waals surface area contributed by atoms with Gasteiger partial charge in [0.1, 0.15) is 5.82 Å². The van der Waals surface area contributed by atoms with E-state index in [9.17, 15) is 9.18 Å². The quantitative estimate of drug-likeness (QED) is 0.585. The lowest BCUT2D eigenvalue weighted by Gasteiger charge is -2.08. The predicted molar refractivity (Wildman–Crippen MR) is 70.6 cm³/mol. The molecule has 7 heteroatoms. The Morgan fingerprint density at radius 3 is 2.59 bits per heavy atom. The Kier molecular flexibility index (Phi) is 3.42. The molecule has 0 saturated carbocycles. The summed E-state index contributed by atoms with van der Waals surface area (Å²) in [5.41, 5.74) is 0.724. The number of nitrogens with one attached hydrogen (secondary N) is 1. The van der Waals surface area contributed by atoms with Gasteiger partial charge in [-0.3, -0.25) is 4.79 Å². The second-order valence-electron chi connectivity index (χ2n) is 3.34. The van der Waals surface area contributed by atoms with Crippen molar-refractivity contribution in [2.75, 3.05) is 0 Å². The number of halogens is 5. The monoisotopic (exact) mass is 357 g/mol. The van der Waals surface area contributed by atoms with Gasteiger partial charge in [0.05, 0.1) is 4.47 Å². The molecule has 2 aromatic rings. The maximum Gasteiger partial charge on any atom is 0.253 e. The van der Waals surface area contributed by atoms with Gasteiger partial charge in [0.2, 0.25) is 5.78 Å². The van der Waals surface area contributed by atoms with Crippen LogP contribution in [0.2, 0.25) is 0 Å². The topological polar surface area (TPSA) is 32.9 Å². The third-order valence-electron chi connectivity index (χ3n) is 2.22. The molecule has 0 bridgehead atoms. The second-order valence-corrected chi connectivity index (χ2v) is 6.48. The van der Waals surface area contributed by atoms with E-state index < -0.39 is 15.4 Å². The van der Waals surface area contributed by atoms with Gasteiger partial charge in [-0.05, 0) is 28.1 Å². The largest absolute Gasteiger partial charge is 0.360 e. The van der Waals surface area contributed by atoms with Crippen LogP contribution < -0.4 is 0 Å². The Balaban J connectivity index is 2.65. The Morgan fingerprint density at radius 2 is 2.00 bits per heavy atom. The van der Waals surface area contributed by atoms with Crippen molar-refractivity contribution in [2.45, 2.75) is 3.79 Å². The zero-order valence-electron chi connectivity index (χ0n) is 8.03. The molecular weight excluding hydrogens is 355 g/mol. The molecule has 1 N–H and O–H groups in total. The summed E-state index contributed by atoms with van der Waals surface area (Å²) in [6, 6.07) is 2.72. The average molecular weight is 359 g/mol. The van der Waals surface area contributed by atoms with Crippen LogP contribution in [0.5, 0.6) is 0 Å². The summed E-state index contributed by atoms with van der Waals surface area (Å²) in [4.78, 5) is 14.6. The number of hydrogen-bond donors (Lipinski definition) is 1. The molecule has 1 aromatic heterocycles. The summed E-state index contributed by atoms with van der Waals surface area (Å²) in [5, 5.41) is 0.377. The molecule has 0 aliphatic rings. The fourth-order valence-electron chi connectivity index (χ4n) is 1.46. The van der Waals surface area contributed by atoms with E-state index >= 15 is 0 Å². The van der Waals surface area contributed by atoms with Gasteiger partial charge >= 0.3 is 0 Å². The third kappa shape index (κ3) is 2.45. The molecule has 0 radical (unpaired) electrons. The van der Waals surface area contributed by atoms with E-state index in [2.05, 4.69) is 20.9 Å². The molecule has 0 spiro atoms. The molecule has 0 saturated heterocycles. The first-order valence-electron chi connectivity index (χ1n) is 4.38. The molecule has 0 aliphatic heterocycles. The lowest BCUT2D eigenvalue weighted by atomic mass is 10.1. The molecular formula is C10H4BrCl3FNO. The smallest absolute Gasteiger partial charge is 0.253 e. The van der Waals surface area contributed by atoms with E-state index in [-0.39, 0.29) is 5.56 Å². The summed E-state index contributed by atoms with van der Waals surface area (Å²) in [7, 11) is 0. The molecule has 90 valence electrons. The SMILES string of the molecule is O=C(c1c[nH]c2cc(Br)c(F)cc12)C(Cl)(Cl)Cl. The molecule has 0 unspecified atom stereocenters. The van der Waals surface area contributed by atoms with Crippen molar-refractivity contribution in [1.82, 2.24) is 4.98 Å². The van der Waals surface area contributed by atoms with Gasteiger partial charge in [-0.25, -0.2) is 4.39 Å². The molecule has 17 heavy (non-hydrogen) atoms. The first-order valence-corrected chi connectivity index (χ1v) is 6.31. The Labute approximate surface area is 119 Å². The lowest BCUT2D eigenvalue weighted by molar-refractivity contribution is 0.0998. The van der Waals surface area contributed by atoms with E-state index in [4.69, 9.17) is 34.8 Å². The Hall–Kier alpha value is -0.290. The van der Waals surface area contributed by atoms with Crippen molar-refractivity contribution in [1.29, 1.82) is 0 Å². The molecule has 0 fully saturated rings. The van der Waals surface area contributed by atoms with Crippen molar-refractivity contribution < 1.29 is 9.18 Å². The van der Waals surface area contributed by atoms with Gasteiger partial charge in [-0.15, -0.1) is 0 Å². The van der Waals surface area contributed by atoms with Crippen molar-refractivity contribution in [2.24, 2.45) is 0 Å². The fraction of sp³-hybridized carbons (Fsp3) is 0.100. The van der Waals surface area contributed by atoms with Crippen molar-refractivity contribution in [3.8, 4) is 0 Å². The molecule has 2 rings (SSSR count). The average Bonchev–Trinajstić information content (AvgIpc) is 2.59. The number of benzene rings is 1. The molecule has 2 nitrogen and oxygen atoms in total. The number of alkyl halides is 3. The minimum absolute atomic E-state index is 0.145. The van der Waals surface area contributed by atoms with Crippen LogP contribution in [0, 0.1) is 5.82 Å². The van der Waals surface area contributed by atoms with Gasteiger partial charge in [0.15, 0.2) is 0 Å². The van der Waals surface area contributed by atoms with Gasteiger partial charge < -0.3 is 4.98 Å². The number of aromatic nitrogens is 1. The van der Waals surface area contributed by atoms with E-state index in [0.717, 1.165) is 0 Å². The zero-order chi connectivity index (χ0) is 12.8. The number of rotatable bonds is 1. The Bertz CT molecular complexity index is 605. The predicted octanol–water partition coefficient (Wildman–Crippen LogP) is 4.62. The van der Waals surface area contributed by atoms with Gasteiger partial charge in [0.25, 0.3) is 3.79 Å². The number of carbonyl (C=O) groups is 1. The fourth-order valence-corrected chi connectivity index (χ4v) is 2.11. The Morgan fingerprint density at radius 1 is 1.35 bits per heavy atom. The number of ketones is 1. The highest BCUT2D eigenvalue weighted by Gasteiger charge is 2.33. The molecule has 1 aromatic carbocycles. The first-order chi connectivity index (χ1) is 7.80. The number of H-pyrrole nitrogens is 1. The highest BCUT2D eigenvalue weighted by molar-refractivity contribution is 9.10. The normalized spacial score (nSPS) is 12.1. The van der Waals surface area contributed by atoms with E-state index in [1.165, 1.54) is 18.3 Å². The standard InChI is InChI=1S/C10H4BrCl3FNO/c11-6-2-8-4(1-7(6)15)5(3-16-8)9(17)10(12,13)14/h1-3,16H. The van der Waals surface area contributed by atoms with Crippen LogP contribution in [0.25, 0.3) is 10.9 Å². The minimum atomic E-state index is -2.06. The number of carbonyl (C=O) groups excluding carboxylic acids is 1. The molecule has 0 atom stereocenters. The number of aromatic amines is 1. The summed E-state index contributed by atoms with van der Waals surface area (Å²) in [6.45, 7) is 0. The highest BCUT2D eigenvalue weighted by Crippen LogP contribution is 2.34. The summed E-state index contributed by atoms with van der Waals surface area (Å²) in [6.07, 6.45) is 1.39. The van der Waals surface area contributed by atoms with Crippen LogP contribution in [0.4, 0.5) is 4.39 Å². The van der Waals surface area contributed by atoms with E-state index in [0.29, 0.717) is 15.4 Å². The van der Waals surface area contributed by atoms with Crippen molar-refractivity contribution >= 4 is 67.4 Å². The summed E-state index contributed by atoms with van der Waals surface area (Å²) in [5.74, 6) is -1.19. The van der Waals surface area contributed by atoms with Gasteiger partial charge in [-0.2, -0.15) is 0 Å². The third-order valence-corrected chi connectivity index (χ3v) is 3.35. The lowest BCUT2D eigenvalue weighted by Crippen LogP contribution is -2.18. The number of hydrogen-bond acceptors (Lipinski definition) is 1. The van der Waals surface area contributed by atoms with Crippen LogP contribution in [-0.2, 0) is 0 Å². The van der Waals surface area contributed by atoms with E-state index in [1.54, 1.807) is 0 Å². The first kappa shape index (κ1) is 13.1. The number of Topliss-reactive ketones (excluding diaryl/α,β-unsaturated/α-hetero) is 1. The second kappa shape index (κ2) is 4.43. The van der Waals surface area contributed by atoms with Crippen LogP contribution >= 0.6 is 50.7 Å². The molecule has 0 aliphatic carbocycles. The van der Waals surface area contributed by atoms with Crippen molar-refractivity contribution in [3.63, 3.8) is 0 Å². The molecule has 1 heterocycles. The van der Waals surface area contributed by atoms with Crippen LogP contribution in [-0.4, -0.2) is 14.6 Å². The van der Waals surface area contributed by atoms with Crippen molar-refractivity contribution in [3.05, 3.63) is 34.2 Å². The van der Waals surface area contributed by atoms with Gasteiger partial charge in [0, 0.05) is 22.7 Å². The number of fused-ring (bicyclic) bond motifs is 1.